The topological polar surface area (TPSA) is 44.7 Å². The minimum Gasteiger partial charge on any atom is -0.591 e. The summed E-state index contributed by atoms with van der Waals surface area (Å²) in [6, 6.07) is 7.91. The van der Waals surface area contributed by atoms with Gasteiger partial charge in [0, 0.05) is 10.0 Å². The Morgan fingerprint density at radius 3 is 2.04 bits per heavy atom. The molecule has 0 saturated heterocycles. The second kappa shape index (κ2) is 8.04. The van der Waals surface area contributed by atoms with Crippen molar-refractivity contribution in [1.82, 2.24) is 0 Å². The van der Waals surface area contributed by atoms with E-state index in [-0.39, 0.29) is 5.04 Å². The fourth-order valence-corrected chi connectivity index (χ4v) is 3.33. The number of benzene rings is 1. The lowest BCUT2D eigenvalue weighted by Gasteiger charge is -2.36. The van der Waals surface area contributed by atoms with E-state index in [0.29, 0.717) is 6.61 Å². The van der Waals surface area contributed by atoms with Crippen molar-refractivity contribution in [3.63, 3.8) is 0 Å². The van der Waals surface area contributed by atoms with Crippen molar-refractivity contribution in [2.45, 2.75) is 64.4 Å². The molecule has 6 heteroatoms. The summed E-state index contributed by atoms with van der Waals surface area (Å²) >= 11 is 2.14. The van der Waals surface area contributed by atoms with E-state index in [9.17, 15) is 4.55 Å². The summed E-state index contributed by atoms with van der Waals surface area (Å²) in [5, 5.41) is 0.126. The van der Waals surface area contributed by atoms with Crippen molar-refractivity contribution in [2.75, 3.05) is 6.61 Å². The number of hydrogen-bond donors (Lipinski definition) is 0. The van der Waals surface area contributed by atoms with Gasteiger partial charge in [0.25, 0.3) is 0 Å². The first-order valence-corrected chi connectivity index (χ1v) is 12.9. The molecule has 3 nitrogen and oxygen atoms in total. The van der Waals surface area contributed by atoms with Crippen LogP contribution >= 0.6 is 15.9 Å². The first-order chi connectivity index (χ1) is 10.7. The zero-order valence-electron chi connectivity index (χ0n) is 16.1. The van der Waals surface area contributed by atoms with E-state index in [0.717, 1.165) is 15.7 Å². The van der Waals surface area contributed by atoms with Crippen LogP contribution in [-0.2, 0) is 15.8 Å². The van der Waals surface area contributed by atoms with E-state index < -0.39 is 24.4 Å². The van der Waals surface area contributed by atoms with Crippen molar-refractivity contribution >= 4 is 41.3 Å². The highest BCUT2D eigenvalue weighted by Crippen LogP contribution is 2.36. The van der Waals surface area contributed by atoms with Crippen LogP contribution in [0.4, 0.5) is 0 Å². The van der Waals surface area contributed by atoms with Crippen molar-refractivity contribution in [3.05, 3.63) is 34.3 Å². The molecule has 136 valence electrons. The zero-order chi connectivity index (χ0) is 18.8. The van der Waals surface area contributed by atoms with Gasteiger partial charge in [-0.3, -0.25) is 0 Å². The van der Waals surface area contributed by atoms with Crippen LogP contribution in [0.3, 0.4) is 0 Å². The molecule has 0 bridgehead atoms. The summed E-state index contributed by atoms with van der Waals surface area (Å²) < 4.78 is 23.9. The molecule has 0 aromatic heterocycles. The number of nitrogens with zero attached hydrogens (tertiary/aromatic N) is 1. The average molecular weight is 433 g/mol. The molecule has 0 saturated carbocycles. The van der Waals surface area contributed by atoms with Crippen LogP contribution in [0.15, 0.2) is 33.1 Å². The van der Waals surface area contributed by atoms with Gasteiger partial charge < -0.3 is 8.98 Å². The molecule has 0 radical (unpaired) electrons. The molecule has 0 amide bonds. The fraction of sp³-hybridized carbons (Fsp3) is 0.611. The third-order valence-electron chi connectivity index (χ3n) is 4.27. The van der Waals surface area contributed by atoms with Gasteiger partial charge >= 0.3 is 0 Å². The Labute approximate surface area is 159 Å². The summed E-state index contributed by atoms with van der Waals surface area (Å²) in [6.45, 7) is 17.2. The van der Waals surface area contributed by atoms with Gasteiger partial charge in [-0.15, -0.1) is 0 Å². The molecule has 0 heterocycles. The van der Waals surface area contributed by atoms with E-state index in [1.807, 2.05) is 45.0 Å². The Bertz CT molecular complexity index is 574. The van der Waals surface area contributed by atoms with Crippen LogP contribution in [0.25, 0.3) is 0 Å². The van der Waals surface area contributed by atoms with Crippen LogP contribution in [0.1, 0.15) is 47.1 Å². The molecule has 0 aliphatic heterocycles. The van der Waals surface area contributed by atoms with E-state index in [4.69, 9.17) is 4.43 Å². The predicted octanol–water partition coefficient (Wildman–Crippen LogP) is 5.72. The van der Waals surface area contributed by atoms with Gasteiger partial charge in [0.05, 0.1) is 6.61 Å². The van der Waals surface area contributed by atoms with Crippen LogP contribution in [-0.4, -0.2) is 29.9 Å². The Balaban J connectivity index is 3.11. The molecule has 1 aromatic rings. The van der Waals surface area contributed by atoms with Crippen molar-refractivity contribution in [1.29, 1.82) is 0 Å². The number of halogens is 1. The molecule has 0 aliphatic rings. The third-order valence-corrected chi connectivity index (χ3v) is 10.7. The highest BCUT2D eigenvalue weighted by molar-refractivity contribution is 9.10. The van der Waals surface area contributed by atoms with E-state index in [1.54, 1.807) is 0 Å². The van der Waals surface area contributed by atoms with Gasteiger partial charge in [0.2, 0.25) is 0 Å². The molecule has 1 rings (SSSR count). The summed E-state index contributed by atoms with van der Waals surface area (Å²) in [4.78, 5) is 0. The lowest BCUT2D eigenvalue weighted by molar-refractivity contribution is 0.340. The van der Waals surface area contributed by atoms with Crippen molar-refractivity contribution < 1.29 is 8.98 Å². The van der Waals surface area contributed by atoms with Crippen LogP contribution in [0, 0.1) is 0 Å². The monoisotopic (exact) mass is 431 g/mol. The molecule has 1 atom stereocenters. The van der Waals surface area contributed by atoms with Gasteiger partial charge in [-0.05, 0) is 51.0 Å². The summed E-state index contributed by atoms with van der Waals surface area (Å²) in [7, 11) is -1.90. The second-order valence-corrected chi connectivity index (χ2v) is 16.1. The second-order valence-electron chi connectivity index (χ2n) is 8.46. The van der Waals surface area contributed by atoms with Crippen LogP contribution < -0.4 is 0 Å². The maximum Gasteiger partial charge on any atom is 0.192 e. The maximum atomic E-state index is 12.5. The largest absolute Gasteiger partial charge is 0.591 e. The highest BCUT2D eigenvalue weighted by Gasteiger charge is 2.37. The summed E-state index contributed by atoms with van der Waals surface area (Å²) in [5.41, 5.74) is 1.70. The molecular formula is C18H30BrNO2SSi. The molecule has 0 spiro atoms. The Morgan fingerprint density at radius 2 is 1.62 bits per heavy atom. The van der Waals surface area contributed by atoms with E-state index in [1.165, 1.54) is 0 Å². The molecule has 24 heavy (non-hydrogen) atoms. The molecular weight excluding hydrogens is 402 g/mol. The maximum absolute atomic E-state index is 12.5. The number of hydrogen-bond acceptors (Lipinski definition) is 3. The predicted molar refractivity (Wildman–Crippen MR) is 112 cm³/mol. The third kappa shape index (κ3) is 6.30. The highest BCUT2D eigenvalue weighted by atomic mass is 79.9. The molecule has 0 fully saturated rings. The van der Waals surface area contributed by atoms with Gasteiger partial charge in [-0.1, -0.05) is 53.2 Å². The molecule has 0 aliphatic carbocycles. The lowest BCUT2D eigenvalue weighted by Crippen LogP contribution is -2.42. The first kappa shape index (κ1) is 21.9. The Kier molecular flexibility index (Phi) is 7.33. The molecule has 1 aromatic carbocycles. The Morgan fingerprint density at radius 1 is 1.12 bits per heavy atom. The normalized spacial score (nSPS) is 15.5. The smallest absolute Gasteiger partial charge is 0.192 e. The van der Waals surface area contributed by atoms with Gasteiger partial charge in [-0.25, -0.2) is 0 Å². The zero-order valence-corrected chi connectivity index (χ0v) is 19.5. The van der Waals surface area contributed by atoms with Crippen molar-refractivity contribution in [2.24, 2.45) is 4.40 Å². The van der Waals surface area contributed by atoms with Crippen LogP contribution in [0.5, 0.6) is 0 Å². The average Bonchev–Trinajstić information content (AvgIpc) is 2.42. The SMILES string of the molecule is CC(C)(C)[S+]([O-])/N=C(\CO[Si](C)(C)C(C)(C)C)c1ccc(Br)cc1. The standard InChI is InChI=1S/C18H30BrNO2SSi/c1-17(2,3)23(21)20-16(14-9-11-15(19)12-10-14)13-22-24(7,8)18(4,5)6/h9-12H,13H2,1-8H3/b20-16+. The van der Waals surface area contributed by atoms with E-state index >= 15 is 0 Å². The van der Waals surface area contributed by atoms with E-state index in [2.05, 4.69) is 54.2 Å². The van der Waals surface area contributed by atoms with Crippen molar-refractivity contribution in [3.8, 4) is 0 Å². The molecule has 1 unspecified atom stereocenters. The minimum atomic E-state index is -1.90. The Hall–Kier alpha value is -0.143. The first-order valence-electron chi connectivity index (χ1n) is 8.13. The lowest BCUT2D eigenvalue weighted by atomic mass is 10.1. The van der Waals surface area contributed by atoms with Gasteiger partial charge in [-0.2, -0.15) is 0 Å². The fourth-order valence-electron chi connectivity index (χ4n) is 1.51. The summed E-state index contributed by atoms with van der Waals surface area (Å²) in [6.07, 6.45) is 0. The van der Waals surface area contributed by atoms with Gasteiger partial charge in [0.15, 0.2) is 8.32 Å². The summed E-state index contributed by atoms with van der Waals surface area (Å²) in [5.74, 6) is 0. The van der Waals surface area contributed by atoms with Gasteiger partial charge in [0.1, 0.15) is 21.8 Å². The minimum absolute atomic E-state index is 0.126. The van der Waals surface area contributed by atoms with Crippen LogP contribution in [0.2, 0.25) is 18.1 Å². The quantitative estimate of drug-likeness (QED) is 0.339. The number of rotatable bonds is 5. The molecule has 0 N–H and O–H groups in total.